The van der Waals surface area contributed by atoms with Crippen molar-refractivity contribution in [2.75, 3.05) is 19.5 Å². The summed E-state index contributed by atoms with van der Waals surface area (Å²) >= 11 is 0. The van der Waals surface area contributed by atoms with E-state index in [1.807, 2.05) is 19.1 Å². The number of benzene rings is 1. The van der Waals surface area contributed by atoms with E-state index in [0.717, 1.165) is 11.3 Å². The van der Waals surface area contributed by atoms with Crippen molar-refractivity contribution in [2.24, 2.45) is 0 Å². The lowest BCUT2D eigenvalue weighted by atomic mass is 9.95. The maximum absolute atomic E-state index is 10.0. The number of nitrogens with one attached hydrogen (secondary N) is 1. The highest BCUT2D eigenvalue weighted by molar-refractivity contribution is 5.67. The van der Waals surface area contributed by atoms with E-state index in [1.54, 1.807) is 14.2 Å². The Bertz CT molecular complexity index is 392. The highest BCUT2D eigenvalue weighted by atomic mass is 16.5. The molecule has 1 aromatic carbocycles. The Hall–Kier alpha value is -1.42. The van der Waals surface area contributed by atoms with Crippen molar-refractivity contribution in [1.82, 2.24) is 0 Å². The van der Waals surface area contributed by atoms with Gasteiger partial charge in [-0.05, 0) is 19.4 Å². The molecule has 1 aliphatic heterocycles. The molecule has 88 valence electrons. The van der Waals surface area contributed by atoms with E-state index in [9.17, 15) is 5.11 Å². The number of anilines is 1. The molecule has 1 heterocycles. The van der Waals surface area contributed by atoms with Gasteiger partial charge in [-0.1, -0.05) is 0 Å². The molecule has 0 saturated heterocycles. The van der Waals surface area contributed by atoms with Crippen molar-refractivity contribution < 1.29 is 14.6 Å². The Labute approximate surface area is 95.2 Å². The van der Waals surface area contributed by atoms with Gasteiger partial charge in [0.25, 0.3) is 0 Å². The van der Waals surface area contributed by atoms with Gasteiger partial charge in [0.1, 0.15) is 11.5 Å². The van der Waals surface area contributed by atoms with E-state index in [4.69, 9.17) is 9.47 Å². The summed E-state index contributed by atoms with van der Waals surface area (Å²) in [5.74, 6) is 1.41. The Morgan fingerprint density at radius 2 is 2.06 bits per heavy atom. The molecular weight excluding hydrogens is 206 g/mol. The van der Waals surface area contributed by atoms with Gasteiger partial charge in [0.15, 0.2) is 0 Å². The van der Waals surface area contributed by atoms with Crippen LogP contribution in [0.4, 0.5) is 5.69 Å². The Balaban J connectivity index is 2.51. The molecule has 1 aliphatic rings. The zero-order chi connectivity index (χ0) is 11.7. The fraction of sp³-hybridized carbons (Fsp3) is 0.500. The van der Waals surface area contributed by atoms with E-state index in [2.05, 4.69) is 5.32 Å². The molecule has 0 aromatic heterocycles. The van der Waals surface area contributed by atoms with E-state index in [0.29, 0.717) is 17.9 Å². The Morgan fingerprint density at radius 3 is 2.69 bits per heavy atom. The molecule has 0 amide bonds. The SMILES string of the molecule is COc1cc(OC)c2c(c1)C(O)CC(C)N2. The van der Waals surface area contributed by atoms with E-state index in [-0.39, 0.29) is 6.04 Å². The zero-order valence-electron chi connectivity index (χ0n) is 9.78. The number of hydrogen-bond acceptors (Lipinski definition) is 4. The minimum Gasteiger partial charge on any atom is -0.497 e. The van der Waals surface area contributed by atoms with Crippen LogP contribution in [-0.4, -0.2) is 25.4 Å². The molecule has 0 fully saturated rings. The second kappa shape index (κ2) is 4.22. The first-order valence-electron chi connectivity index (χ1n) is 5.36. The molecule has 2 rings (SSSR count). The van der Waals surface area contributed by atoms with Crippen LogP contribution in [0.2, 0.25) is 0 Å². The molecular formula is C12H17NO3. The van der Waals surface area contributed by atoms with Crippen molar-refractivity contribution in [1.29, 1.82) is 0 Å². The van der Waals surface area contributed by atoms with Crippen LogP contribution in [0, 0.1) is 0 Å². The van der Waals surface area contributed by atoms with Crippen molar-refractivity contribution in [3.05, 3.63) is 17.7 Å². The predicted molar refractivity (Wildman–Crippen MR) is 62.2 cm³/mol. The molecule has 2 N–H and O–H groups in total. The fourth-order valence-corrected chi connectivity index (χ4v) is 2.07. The Kier molecular flexibility index (Phi) is 2.92. The summed E-state index contributed by atoms with van der Waals surface area (Å²) in [6.45, 7) is 2.04. The van der Waals surface area contributed by atoms with Crippen LogP contribution in [-0.2, 0) is 0 Å². The normalized spacial score (nSPS) is 23.2. The summed E-state index contributed by atoms with van der Waals surface area (Å²) in [5, 5.41) is 13.3. The number of rotatable bonds is 2. The van der Waals surface area contributed by atoms with Crippen molar-refractivity contribution in [3.63, 3.8) is 0 Å². The maximum atomic E-state index is 10.0. The quantitative estimate of drug-likeness (QED) is 0.804. The summed E-state index contributed by atoms with van der Waals surface area (Å²) in [7, 11) is 3.22. The van der Waals surface area contributed by atoms with Gasteiger partial charge in [0, 0.05) is 17.7 Å². The fourth-order valence-electron chi connectivity index (χ4n) is 2.07. The average molecular weight is 223 g/mol. The third-order valence-corrected chi connectivity index (χ3v) is 2.89. The lowest BCUT2D eigenvalue weighted by Gasteiger charge is -2.30. The van der Waals surface area contributed by atoms with Gasteiger partial charge in [-0.2, -0.15) is 0 Å². The second-order valence-corrected chi connectivity index (χ2v) is 4.09. The summed E-state index contributed by atoms with van der Waals surface area (Å²) in [6.07, 6.45) is 0.235. The number of aliphatic hydroxyl groups excluding tert-OH is 1. The minimum absolute atomic E-state index is 0.241. The molecule has 4 nitrogen and oxygen atoms in total. The van der Waals surface area contributed by atoms with Gasteiger partial charge in [0.2, 0.25) is 0 Å². The first kappa shape index (κ1) is 11.1. The van der Waals surface area contributed by atoms with E-state index in [1.165, 1.54) is 0 Å². The van der Waals surface area contributed by atoms with Crippen LogP contribution in [0.5, 0.6) is 11.5 Å². The lowest BCUT2D eigenvalue weighted by molar-refractivity contribution is 0.157. The number of aliphatic hydroxyl groups is 1. The van der Waals surface area contributed by atoms with Gasteiger partial charge in [-0.15, -0.1) is 0 Å². The largest absolute Gasteiger partial charge is 0.497 e. The summed E-state index contributed by atoms with van der Waals surface area (Å²) < 4.78 is 10.5. The van der Waals surface area contributed by atoms with Crippen LogP contribution < -0.4 is 14.8 Å². The average Bonchev–Trinajstić information content (AvgIpc) is 2.28. The molecule has 0 saturated carbocycles. The van der Waals surface area contributed by atoms with E-state index >= 15 is 0 Å². The van der Waals surface area contributed by atoms with Crippen LogP contribution in [0.1, 0.15) is 25.0 Å². The van der Waals surface area contributed by atoms with E-state index < -0.39 is 6.10 Å². The molecule has 0 spiro atoms. The third kappa shape index (κ3) is 1.80. The Morgan fingerprint density at radius 1 is 1.31 bits per heavy atom. The topological polar surface area (TPSA) is 50.7 Å². The van der Waals surface area contributed by atoms with Crippen LogP contribution in [0.15, 0.2) is 12.1 Å². The second-order valence-electron chi connectivity index (χ2n) is 4.09. The molecule has 0 aliphatic carbocycles. The number of fused-ring (bicyclic) bond motifs is 1. The van der Waals surface area contributed by atoms with Gasteiger partial charge in [-0.3, -0.25) is 0 Å². The highest BCUT2D eigenvalue weighted by Gasteiger charge is 2.25. The standard InChI is InChI=1S/C12H17NO3/c1-7-4-10(14)9-5-8(15-2)6-11(16-3)12(9)13-7/h5-7,10,13-14H,4H2,1-3H3. The molecule has 1 aromatic rings. The summed E-state index contributed by atoms with van der Waals surface area (Å²) in [4.78, 5) is 0. The predicted octanol–water partition coefficient (Wildman–Crippen LogP) is 1.94. The third-order valence-electron chi connectivity index (χ3n) is 2.89. The monoisotopic (exact) mass is 223 g/mol. The van der Waals surface area contributed by atoms with Gasteiger partial charge < -0.3 is 19.9 Å². The molecule has 2 atom stereocenters. The molecule has 4 heteroatoms. The van der Waals surface area contributed by atoms with Crippen molar-refractivity contribution in [2.45, 2.75) is 25.5 Å². The highest BCUT2D eigenvalue weighted by Crippen LogP contribution is 2.41. The minimum atomic E-state index is -0.463. The van der Waals surface area contributed by atoms with Crippen molar-refractivity contribution >= 4 is 5.69 Å². The first-order chi connectivity index (χ1) is 7.65. The first-order valence-corrected chi connectivity index (χ1v) is 5.36. The summed E-state index contributed by atoms with van der Waals surface area (Å²) in [5.41, 5.74) is 1.71. The van der Waals surface area contributed by atoms with Crippen LogP contribution in [0.25, 0.3) is 0 Å². The zero-order valence-corrected chi connectivity index (χ0v) is 9.78. The van der Waals surface area contributed by atoms with Crippen molar-refractivity contribution in [3.8, 4) is 11.5 Å². The molecule has 0 radical (unpaired) electrons. The van der Waals surface area contributed by atoms with Crippen LogP contribution >= 0.6 is 0 Å². The number of ether oxygens (including phenoxy) is 2. The number of hydrogen-bond donors (Lipinski definition) is 2. The lowest BCUT2D eigenvalue weighted by Crippen LogP contribution is -2.25. The maximum Gasteiger partial charge on any atom is 0.146 e. The van der Waals surface area contributed by atoms with Gasteiger partial charge in [0.05, 0.1) is 26.0 Å². The smallest absolute Gasteiger partial charge is 0.146 e. The molecule has 0 bridgehead atoms. The van der Waals surface area contributed by atoms with Gasteiger partial charge >= 0.3 is 0 Å². The number of methoxy groups -OCH3 is 2. The van der Waals surface area contributed by atoms with Crippen LogP contribution in [0.3, 0.4) is 0 Å². The summed E-state index contributed by atoms with van der Waals surface area (Å²) in [6, 6.07) is 3.91. The molecule has 16 heavy (non-hydrogen) atoms. The van der Waals surface area contributed by atoms with Gasteiger partial charge in [-0.25, -0.2) is 0 Å². The molecule has 2 unspecified atom stereocenters.